The van der Waals surface area contributed by atoms with Crippen molar-refractivity contribution in [2.24, 2.45) is 0 Å². The molecule has 86 valence electrons. The van der Waals surface area contributed by atoms with Gasteiger partial charge in [0.05, 0.1) is 0 Å². The molecule has 0 aliphatic heterocycles. The molecule has 0 fully saturated rings. The molecule has 2 unspecified atom stereocenters. The summed E-state index contributed by atoms with van der Waals surface area (Å²) >= 11 is 0. The smallest absolute Gasteiger partial charge is 0.113 e. The number of aromatic nitrogens is 2. The molecule has 1 rings (SSSR count). The Morgan fingerprint density at radius 1 is 1.40 bits per heavy atom. The van der Waals surface area contributed by atoms with Crippen LogP contribution in [0.2, 0.25) is 0 Å². The Morgan fingerprint density at radius 2 is 2.13 bits per heavy atom. The number of rotatable bonds is 6. The first-order valence-corrected chi connectivity index (χ1v) is 5.95. The van der Waals surface area contributed by atoms with Gasteiger partial charge in [0.25, 0.3) is 0 Å². The third-order valence-electron chi connectivity index (χ3n) is 2.96. The van der Waals surface area contributed by atoms with Gasteiger partial charge in [0, 0.05) is 30.9 Å². The van der Waals surface area contributed by atoms with E-state index in [0.717, 1.165) is 13.1 Å². The van der Waals surface area contributed by atoms with Gasteiger partial charge in [0.2, 0.25) is 0 Å². The Balaban J connectivity index is 2.62. The lowest BCUT2D eigenvalue weighted by Crippen LogP contribution is -2.32. The third-order valence-corrected chi connectivity index (χ3v) is 2.96. The Labute approximate surface area is 92.9 Å². The molecule has 0 aliphatic rings. The zero-order valence-corrected chi connectivity index (χ0v) is 10.3. The predicted octanol–water partition coefficient (Wildman–Crippen LogP) is 2.39. The van der Waals surface area contributed by atoms with Gasteiger partial charge < -0.3 is 9.88 Å². The highest BCUT2D eigenvalue weighted by Crippen LogP contribution is 2.17. The lowest BCUT2D eigenvalue weighted by Gasteiger charge is -2.21. The summed E-state index contributed by atoms with van der Waals surface area (Å²) in [6.45, 7) is 10.9. The van der Waals surface area contributed by atoms with E-state index in [2.05, 4.69) is 48.8 Å². The van der Waals surface area contributed by atoms with Crippen LogP contribution in [0.1, 0.15) is 45.9 Å². The summed E-state index contributed by atoms with van der Waals surface area (Å²) in [4.78, 5) is 4.44. The van der Waals surface area contributed by atoms with E-state index in [-0.39, 0.29) is 0 Å². The highest BCUT2D eigenvalue weighted by Gasteiger charge is 2.17. The third kappa shape index (κ3) is 3.06. The van der Waals surface area contributed by atoms with Crippen LogP contribution in [0.4, 0.5) is 0 Å². The van der Waals surface area contributed by atoms with Crippen molar-refractivity contribution in [1.29, 1.82) is 0 Å². The number of aryl methyl sites for hydroxylation is 1. The lowest BCUT2D eigenvalue weighted by molar-refractivity contribution is 0.454. The van der Waals surface area contributed by atoms with E-state index in [1.54, 1.807) is 0 Å². The average Bonchev–Trinajstić information content (AvgIpc) is 2.72. The molecule has 1 aromatic heterocycles. The molecule has 0 aliphatic carbocycles. The molecule has 1 N–H and O–H groups in total. The second-order valence-corrected chi connectivity index (χ2v) is 4.10. The SMILES string of the molecule is CCCNC(C)C(C)c1nccn1CC. The van der Waals surface area contributed by atoms with Gasteiger partial charge in [-0.1, -0.05) is 13.8 Å². The zero-order valence-electron chi connectivity index (χ0n) is 10.3. The lowest BCUT2D eigenvalue weighted by atomic mass is 10.0. The van der Waals surface area contributed by atoms with E-state index in [1.807, 2.05) is 6.20 Å². The second-order valence-electron chi connectivity index (χ2n) is 4.10. The minimum absolute atomic E-state index is 0.464. The van der Waals surface area contributed by atoms with Crippen LogP contribution < -0.4 is 5.32 Å². The van der Waals surface area contributed by atoms with Crippen LogP contribution in [0.15, 0.2) is 12.4 Å². The van der Waals surface area contributed by atoms with Gasteiger partial charge in [-0.3, -0.25) is 0 Å². The quantitative estimate of drug-likeness (QED) is 0.779. The van der Waals surface area contributed by atoms with E-state index in [1.165, 1.54) is 12.2 Å². The van der Waals surface area contributed by atoms with E-state index < -0.39 is 0 Å². The number of nitrogens with one attached hydrogen (secondary N) is 1. The van der Waals surface area contributed by atoms with Crippen LogP contribution in [0.3, 0.4) is 0 Å². The topological polar surface area (TPSA) is 29.9 Å². The largest absolute Gasteiger partial charge is 0.335 e. The van der Waals surface area contributed by atoms with E-state index in [0.29, 0.717) is 12.0 Å². The predicted molar refractivity (Wildman–Crippen MR) is 64.1 cm³/mol. The standard InChI is InChI=1S/C12H23N3/c1-5-7-13-11(4)10(3)12-14-8-9-15(12)6-2/h8-11,13H,5-7H2,1-4H3. The molecule has 15 heavy (non-hydrogen) atoms. The van der Waals surface area contributed by atoms with Gasteiger partial charge in [0.15, 0.2) is 0 Å². The fourth-order valence-electron chi connectivity index (χ4n) is 1.76. The monoisotopic (exact) mass is 209 g/mol. The molecule has 3 nitrogen and oxygen atoms in total. The fraction of sp³-hybridized carbons (Fsp3) is 0.750. The van der Waals surface area contributed by atoms with Crippen LogP contribution >= 0.6 is 0 Å². The molecular formula is C12H23N3. The van der Waals surface area contributed by atoms with Gasteiger partial charge in [-0.25, -0.2) is 4.98 Å². The van der Waals surface area contributed by atoms with Crippen LogP contribution in [-0.2, 0) is 6.54 Å². The number of nitrogens with zero attached hydrogens (tertiary/aromatic N) is 2. The Bertz CT molecular complexity index is 280. The molecule has 0 amide bonds. The van der Waals surface area contributed by atoms with Crippen molar-refractivity contribution in [2.45, 2.75) is 52.6 Å². The van der Waals surface area contributed by atoms with E-state index >= 15 is 0 Å². The molecule has 0 aromatic carbocycles. The van der Waals surface area contributed by atoms with Gasteiger partial charge in [-0.05, 0) is 26.8 Å². The zero-order chi connectivity index (χ0) is 11.3. The number of hydrogen-bond donors (Lipinski definition) is 1. The van der Waals surface area contributed by atoms with Gasteiger partial charge in [-0.2, -0.15) is 0 Å². The van der Waals surface area contributed by atoms with Crippen molar-refractivity contribution in [3.8, 4) is 0 Å². The molecular weight excluding hydrogens is 186 g/mol. The molecule has 1 heterocycles. The maximum absolute atomic E-state index is 4.44. The van der Waals surface area contributed by atoms with Gasteiger partial charge >= 0.3 is 0 Å². The van der Waals surface area contributed by atoms with E-state index in [9.17, 15) is 0 Å². The van der Waals surface area contributed by atoms with Gasteiger partial charge in [-0.15, -0.1) is 0 Å². The highest BCUT2D eigenvalue weighted by atomic mass is 15.1. The number of hydrogen-bond acceptors (Lipinski definition) is 2. The molecule has 1 aromatic rings. The summed E-state index contributed by atoms with van der Waals surface area (Å²) in [6.07, 6.45) is 5.12. The number of imidazole rings is 1. The first-order chi connectivity index (χ1) is 7.20. The minimum atomic E-state index is 0.464. The molecule has 0 radical (unpaired) electrons. The Hall–Kier alpha value is -0.830. The van der Waals surface area contributed by atoms with E-state index in [4.69, 9.17) is 0 Å². The van der Waals surface area contributed by atoms with Crippen molar-refractivity contribution in [2.75, 3.05) is 6.54 Å². The normalized spacial score (nSPS) is 15.2. The van der Waals surface area contributed by atoms with Crippen LogP contribution in [0.25, 0.3) is 0 Å². The van der Waals surface area contributed by atoms with Crippen molar-refractivity contribution >= 4 is 0 Å². The molecule has 2 atom stereocenters. The first kappa shape index (κ1) is 12.2. The van der Waals surface area contributed by atoms with Crippen molar-refractivity contribution in [3.05, 3.63) is 18.2 Å². The van der Waals surface area contributed by atoms with Crippen LogP contribution in [-0.4, -0.2) is 22.1 Å². The Morgan fingerprint density at radius 3 is 2.73 bits per heavy atom. The molecule has 0 saturated carbocycles. The van der Waals surface area contributed by atoms with Crippen LogP contribution in [0.5, 0.6) is 0 Å². The van der Waals surface area contributed by atoms with Crippen molar-refractivity contribution < 1.29 is 0 Å². The summed E-state index contributed by atoms with van der Waals surface area (Å²) in [5.74, 6) is 1.65. The first-order valence-electron chi connectivity index (χ1n) is 5.95. The highest BCUT2D eigenvalue weighted by molar-refractivity contribution is 5.02. The minimum Gasteiger partial charge on any atom is -0.335 e. The molecule has 0 saturated heterocycles. The summed E-state index contributed by atoms with van der Waals surface area (Å²) in [6, 6.07) is 0.484. The summed E-state index contributed by atoms with van der Waals surface area (Å²) in [7, 11) is 0. The second kappa shape index (κ2) is 5.91. The summed E-state index contributed by atoms with van der Waals surface area (Å²) in [5.41, 5.74) is 0. The average molecular weight is 209 g/mol. The maximum atomic E-state index is 4.44. The van der Waals surface area contributed by atoms with Crippen LogP contribution in [0, 0.1) is 0 Å². The molecule has 3 heteroatoms. The Kier molecular flexibility index (Phi) is 4.82. The molecule has 0 spiro atoms. The van der Waals surface area contributed by atoms with Crippen molar-refractivity contribution in [1.82, 2.24) is 14.9 Å². The summed E-state index contributed by atoms with van der Waals surface area (Å²) < 4.78 is 2.22. The van der Waals surface area contributed by atoms with Crippen molar-refractivity contribution in [3.63, 3.8) is 0 Å². The molecule has 0 bridgehead atoms. The van der Waals surface area contributed by atoms with Gasteiger partial charge in [0.1, 0.15) is 5.82 Å². The maximum Gasteiger partial charge on any atom is 0.113 e. The summed E-state index contributed by atoms with van der Waals surface area (Å²) in [5, 5.41) is 3.52. The fourth-order valence-corrected chi connectivity index (χ4v) is 1.76.